The first kappa shape index (κ1) is 26.4. The molecule has 2 atom stereocenters. The Labute approximate surface area is 204 Å². The van der Waals surface area contributed by atoms with Crippen LogP contribution in [-0.2, 0) is 9.59 Å². The molecule has 0 bridgehead atoms. The lowest BCUT2D eigenvalue weighted by atomic mass is 9.92. The summed E-state index contributed by atoms with van der Waals surface area (Å²) in [6.07, 6.45) is 7.90. The normalized spacial score (nSPS) is 19.8. The van der Waals surface area contributed by atoms with Gasteiger partial charge in [-0.25, -0.2) is 5.06 Å². The molecule has 0 radical (unpaired) electrons. The van der Waals surface area contributed by atoms with Crippen LogP contribution in [0.4, 0.5) is 16.0 Å². The molecule has 1 aliphatic heterocycles. The fourth-order valence-electron chi connectivity index (χ4n) is 4.98. The summed E-state index contributed by atoms with van der Waals surface area (Å²) in [5.41, 5.74) is 5.04. The highest BCUT2D eigenvalue weighted by atomic mass is 35.5. The Hall–Kier alpha value is -2.24. The lowest BCUT2D eigenvalue weighted by Gasteiger charge is -2.38. The number of anilines is 2. The number of hydrogen-bond acceptors (Lipinski definition) is 8. The molecule has 0 aromatic carbocycles. The van der Waals surface area contributed by atoms with E-state index in [1.807, 2.05) is 19.0 Å². The van der Waals surface area contributed by atoms with Gasteiger partial charge in [-0.3, -0.25) is 25.6 Å². The second kappa shape index (κ2) is 12.5. The minimum Gasteiger partial charge on any atom is -0.350 e. The number of halogens is 2. The number of hydrazine groups is 1. The first-order chi connectivity index (χ1) is 16.3. The zero-order valence-corrected chi connectivity index (χ0v) is 20.6. The van der Waals surface area contributed by atoms with Crippen LogP contribution in [-0.4, -0.2) is 77.2 Å². The van der Waals surface area contributed by atoms with Gasteiger partial charge < -0.3 is 9.80 Å². The molecule has 2 amide bonds. The molecule has 34 heavy (non-hydrogen) atoms. The molecule has 10 nitrogen and oxygen atoms in total. The number of carbonyl (C=O) groups is 2. The number of piperidine rings is 1. The van der Waals surface area contributed by atoms with E-state index >= 15 is 4.39 Å². The second-order valence-corrected chi connectivity index (χ2v) is 9.85. The van der Waals surface area contributed by atoms with Gasteiger partial charge in [0.05, 0.1) is 12.5 Å². The molecule has 3 rings (SSSR count). The first-order valence-corrected chi connectivity index (χ1v) is 12.3. The van der Waals surface area contributed by atoms with E-state index in [0.29, 0.717) is 23.9 Å². The lowest BCUT2D eigenvalue weighted by Crippen LogP contribution is -2.46. The summed E-state index contributed by atoms with van der Waals surface area (Å²) in [5, 5.41) is 9.97. The number of amides is 2. The molecule has 2 aliphatic rings. The second-order valence-electron chi connectivity index (χ2n) is 9.51. The van der Waals surface area contributed by atoms with E-state index in [1.54, 1.807) is 0 Å². The van der Waals surface area contributed by atoms with Crippen LogP contribution in [0.5, 0.6) is 0 Å². The Morgan fingerprint density at radius 1 is 1.26 bits per heavy atom. The molecular formula is C22H35ClFN7O3. The van der Waals surface area contributed by atoms with Gasteiger partial charge in [-0.15, -0.1) is 0 Å². The Kier molecular flexibility index (Phi) is 9.66. The number of nitrogens with one attached hydrogen (secondary N) is 2. The maximum atomic E-state index is 15.4. The Morgan fingerprint density at radius 2 is 1.97 bits per heavy atom. The molecule has 1 aromatic rings. The quantitative estimate of drug-likeness (QED) is 0.184. The van der Waals surface area contributed by atoms with Gasteiger partial charge in [0, 0.05) is 19.1 Å². The minimum atomic E-state index is -0.695. The highest BCUT2D eigenvalue weighted by molar-refractivity contribution is 6.28. The Morgan fingerprint density at radius 3 is 2.65 bits per heavy atom. The molecule has 190 valence electrons. The van der Waals surface area contributed by atoms with Gasteiger partial charge in [-0.2, -0.15) is 14.4 Å². The minimum absolute atomic E-state index is 0.0846. The third-order valence-electron chi connectivity index (χ3n) is 6.58. The standard InChI is InChI=1S/C22H35ClFN7O3/c1-29(2)13-17-9-5-6-10-31(17)20-18(24)19(25-22(23)26-20)27-28-21(33)16(12-30(34)14-32)11-15-7-3-4-8-15/h14-17,34H,3-13H2,1-2H3,(H,28,33)(H,25,26,27)/t16-,17+/m1/s1. The maximum absolute atomic E-state index is 15.4. The largest absolute Gasteiger partial charge is 0.350 e. The van der Waals surface area contributed by atoms with Crippen LogP contribution in [0, 0.1) is 17.7 Å². The highest BCUT2D eigenvalue weighted by Crippen LogP contribution is 2.31. The molecule has 0 spiro atoms. The van der Waals surface area contributed by atoms with Gasteiger partial charge in [0.1, 0.15) is 0 Å². The van der Waals surface area contributed by atoms with Crippen molar-refractivity contribution in [2.24, 2.45) is 11.8 Å². The number of carbonyl (C=O) groups excluding carboxylic acids is 2. The van der Waals surface area contributed by atoms with Crippen molar-refractivity contribution in [2.75, 3.05) is 44.1 Å². The fraction of sp³-hybridized carbons (Fsp3) is 0.727. The van der Waals surface area contributed by atoms with Crippen molar-refractivity contribution in [3.63, 3.8) is 0 Å². The van der Waals surface area contributed by atoms with E-state index < -0.39 is 17.6 Å². The number of nitrogens with zero attached hydrogens (tertiary/aromatic N) is 5. The topological polar surface area (TPSA) is 114 Å². The summed E-state index contributed by atoms with van der Waals surface area (Å²) in [5.74, 6) is -1.59. The average Bonchev–Trinajstić information content (AvgIpc) is 3.32. The number of hydrogen-bond donors (Lipinski definition) is 3. The van der Waals surface area contributed by atoms with Gasteiger partial charge in [0.15, 0.2) is 11.6 Å². The number of likely N-dealkylation sites (N-methyl/N-ethyl adjacent to an activating group) is 1. The SMILES string of the molecule is CN(C)C[C@@H]1CCCCN1c1nc(Cl)nc(NNC(=O)[C@H](CC2CCCC2)CN(O)C=O)c1F. The molecule has 2 fully saturated rings. The van der Waals surface area contributed by atoms with E-state index in [0.717, 1.165) is 51.5 Å². The van der Waals surface area contributed by atoms with Crippen molar-refractivity contribution >= 4 is 35.6 Å². The molecule has 2 heterocycles. The van der Waals surface area contributed by atoms with E-state index in [9.17, 15) is 14.8 Å². The van der Waals surface area contributed by atoms with Gasteiger partial charge in [0.25, 0.3) is 0 Å². The van der Waals surface area contributed by atoms with Crippen LogP contribution >= 0.6 is 11.6 Å². The van der Waals surface area contributed by atoms with Crippen molar-refractivity contribution in [3.8, 4) is 0 Å². The molecule has 1 aliphatic carbocycles. The summed E-state index contributed by atoms with van der Waals surface area (Å²) < 4.78 is 15.4. The van der Waals surface area contributed by atoms with Crippen molar-refractivity contribution in [1.82, 2.24) is 25.4 Å². The molecular weight excluding hydrogens is 465 g/mol. The van der Waals surface area contributed by atoms with Crippen LogP contribution in [0.25, 0.3) is 0 Å². The fourth-order valence-corrected chi connectivity index (χ4v) is 5.14. The van der Waals surface area contributed by atoms with Crippen LogP contribution < -0.4 is 15.8 Å². The lowest BCUT2D eigenvalue weighted by molar-refractivity contribution is -0.154. The van der Waals surface area contributed by atoms with Crippen LogP contribution in [0.15, 0.2) is 0 Å². The highest BCUT2D eigenvalue weighted by Gasteiger charge is 2.30. The van der Waals surface area contributed by atoms with E-state index in [1.165, 1.54) is 0 Å². The molecule has 1 saturated heterocycles. The zero-order valence-electron chi connectivity index (χ0n) is 19.8. The average molecular weight is 500 g/mol. The summed E-state index contributed by atoms with van der Waals surface area (Å²) in [6.45, 7) is 1.25. The molecule has 1 saturated carbocycles. The number of hydroxylamine groups is 2. The van der Waals surface area contributed by atoms with Gasteiger partial charge >= 0.3 is 0 Å². The molecule has 12 heteroatoms. The summed E-state index contributed by atoms with van der Waals surface area (Å²) >= 11 is 6.12. The summed E-state index contributed by atoms with van der Waals surface area (Å²) in [4.78, 5) is 35.8. The van der Waals surface area contributed by atoms with Gasteiger partial charge in [-0.1, -0.05) is 25.7 Å². The Bertz CT molecular complexity index is 841. The molecule has 0 unspecified atom stereocenters. The van der Waals surface area contributed by atoms with Crippen molar-refractivity contribution in [1.29, 1.82) is 0 Å². The number of rotatable bonds is 11. The van der Waals surface area contributed by atoms with Crippen molar-refractivity contribution in [2.45, 2.75) is 57.4 Å². The van der Waals surface area contributed by atoms with E-state index in [-0.39, 0.29) is 35.9 Å². The summed E-state index contributed by atoms with van der Waals surface area (Å²) in [6, 6.07) is 0.0846. The third kappa shape index (κ3) is 7.13. The predicted molar refractivity (Wildman–Crippen MR) is 127 cm³/mol. The van der Waals surface area contributed by atoms with Crippen molar-refractivity contribution in [3.05, 3.63) is 11.1 Å². The smallest absolute Gasteiger partial charge is 0.243 e. The first-order valence-electron chi connectivity index (χ1n) is 11.9. The predicted octanol–water partition coefficient (Wildman–Crippen LogP) is 2.68. The Balaban J connectivity index is 1.73. The van der Waals surface area contributed by atoms with E-state index in [2.05, 4.69) is 25.7 Å². The third-order valence-corrected chi connectivity index (χ3v) is 6.75. The zero-order chi connectivity index (χ0) is 24.7. The van der Waals surface area contributed by atoms with Crippen LogP contribution in [0.2, 0.25) is 5.28 Å². The molecule has 1 aromatic heterocycles. The van der Waals surface area contributed by atoms with E-state index in [4.69, 9.17) is 11.6 Å². The van der Waals surface area contributed by atoms with Crippen LogP contribution in [0.3, 0.4) is 0 Å². The van der Waals surface area contributed by atoms with Gasteiger partial charge in [-0.05, 0) is 57.3 Å². The van der Waals surface area contributed by atoms with Crippen molar-refractivity contribution < 1.29 is 19.2 Å². The molecule has 3 N–H and O–H groups in total. The maximum Gasteiger partial charge on any atom is 0.243 e. The van der Waals surface area contributed by atoms with Crippen LogP contribution in [0.1, 0.15) is 51.4 Å². The monoisotopic (exact) mass is 499 g/mol. The van der Waals surface area contributed by atoms with Gasteiger partial charge in [0.2, 0.25) is 23.4 Å². The summed E-state index contributed by atoms with van der Waals surface area (Å²) in [7, 11) is 3.94. The number of aromatic nitrogens is 2.